The zero-order chi connectivity index (χ0) is 22.1. The van der Waals surface area contributed by atoms with E-state index in [1.807, 2.05) is 29.2 Å². The molecule has 2 aromatic carbocycles. The van der Waals surface area contributed by atoms with Gasteiger partial charge in [-0.15, -0.1) is 0 Å². The van der Waals surface area contributed by atoms with Gasteiger partial charge in [0, 0.05) is 32.3 Å². The minimum Gasteiger partial charge on any atom is -0.484 e. The SMILES string of the molecule is COCCNC(=O)c1ccc(CC2CCN(C(=O)COc3ccc(F)cc3)CC2)cc1. The molecule has 31 heavy (non-hydrogen) atoms. The third kappa shape index (κ3) is 7.07. The molecule has 1 aliphatic rings. The summed E-state index contributed by atoms with van der Waals surface area (Å²) < 4.78 is 23.3. The van der Waals surface area contributed by atoms with E-state index in [0.29, 0.717) is 43.5 Å². The molecule has 0 saturated carbocycles. The molecule has 166 valence electrons. The van der Waals surface area contributed by atoms with Crippen LogP contribution in [0.4, 0.5) is 4.39 Å². The summed E-state index contributed by atoms with van der Waals surface area (Å²) in [5.74, 6) is 0.509. The third-order valence-electron chi connectivity index (χ3n) is 5.48. The van der Waals surface area contributed by atoms with Crippen molar-refractivity contribution in [2.45, 2.75) is 19.3 Å². The van der Waals surface area contributed by atoms with Crippen LogP contribution in [0, 0.1) is 11.7 Å². The van der Waals surface area contributed by atoms with Crippen LogP contribution in [0.3, 0.4) is 0 Å². The lowest BCUT2D eigenvalue weighted by atomic mass is 9.90. The van der Waals surface area contributed by atoms with E-state index in [2.05, 4.69) is 5.32 Å². The average molecular weight is 429 g/mol. The summed E-state index contributed by atoms with van der Waals surface area (Å²) in [5, 5.41) is 2.81. The molecule has 1 heterocycles. The maximum absolute atomic E-state index is 12.9. The van der Waals surface area contributed by atoms with E-state index >= 15 is 0 Å². The van der Waals surface area contributed by atoms with E-state index in [1.54, 1.807) is 7.11 Å². The highest BCUT2D eigenvalue weighted by atomic mass is 19.1. The van der Waals surface area contributed by atoms with Crippen molar-refractivity contribution in [2.24, 2.45) is 5.92 Å². The van der Waals surface area contributed by atoms with Crippen molar-refractivity contribution < 1.29 is 23.5 Å². The number of nitrogens with zero attached hydrogens (tertiary/aromatic N) is 1. The van der Waals surface area contributed by atoms with Gasteiger partial charge in [0.05, 0.1) is 6.61 Å². The number of carbonyl (C=O) groups excluding carboxylic acids is 2. The molecule has 1 aliphatic heterocycles. The van der Waals surface area contributed by atoms with Crippen LogP contribution in [0.25, 0.3) is 0 Å². The summed E-state index contributed by atoms with van der Waals surface area (Å²) >= 11 is 0. The highest BCUT2D eigenvalue weighted by Gasteiger charge is 2.23. The van der Waals surface area contributed by atoms with Crippen molar-refractivity contribution >= 4 is 11.8 Å². The highest BCUT2D eigenvalue weighted by molar-refractivity contribution is 5.94. The molecule has 1 saturated heterocycles. The lowest BCUT2D eigenvalue weighted by molar-refractivity contribution is -0.134. The Kier molecular flexibility index (Phi) is 8.41. The van der Waals surface area contributed by atoms with Crippen LogP contribution < -0.4 is 10.1 Å². The second-order valence-electron chi connectivity index (χ2n) is 7.72. The van der Waals surface area contributed by atoms with Gasteiger partial charge in [-0.2, -0.15) is 0 Å². The number of amides is 2. The molecule has 0 radical (unpaired) electrons. The molecule has 6 nitrogen and oxygen atoms in total. The number of methoxy groups -OCH3 is 1. The molecular formula is C24H29FN2O4. The van der Waals surface area contributed by atoms with Crippen molar-refractivity contribution in [2.75, 3.05) is 40.0 Å². The van der Waals surface area contributed by atoms with Crippen molar-refractivity contribution in [1.29, 1.82) is 0 Å². The summed E-state index contributed by atoms with van der Waals surface area (Å²) in [7, 11) is 1.60. The number of rotatable bonds is 9. The highest BCUT2D eigenvalue weighted by Crippen LogP contribution is 2.22. The Labute approximate surface area is 182 Å². The van der Waals surface area contributed by atoms with Gasteiger partial charge in [-0.05, 0) is 67.1 Å². The number of ether oxygens (including phenoxy) is 2. The first-order valence-electron chi connectivity index (χ1n) is 10.6. The van der Waals surface area contributed by atoms with E-state index in [4.69, 9.17) is 9.47 Å². The van der Waals surface area contributed by atoms with E-state index in [0.717, 1.165) is 19.3 Å². The molecule has 0 spiro atoms. The zero-order valence-corrected chi connectivity index (χ0v) is 17.8. The molecule has 2 aromatic rings. The van der Waals surface area contributed by atoms with Gasteiger partial charge >= 0.3 is 0 Å². The molecule has 2 amide bonds. The molecule has 1 fully saturated rings. The molecule has 0 aliphatic carbocycles. The van der Waals surface area contributed by atoms with Gasteiger partial charge < -0.3 is 19.7 Å². The van der Waals surface area contributed by atoms with Crippen LogP contribution in [0.15, 0.2) is 48.5 Å². The van der Waals surface area contributed by atoms with E-state index in [9.17, 15) is 14.0 Å². The first kappa shape index (κ1) is 22.7. The largest absolute Gasteiger partial charge is 0.484 e. The van der Waals surface area contributed by atoms with Crippen LogP contribution in [-0.4, -0.2) is 56.7 Å². The summed E-state index contributed by atoms with van der Waals surface area (Å²) in [6.45, 7) is 2.35. The molecule has 0 aromatic heterocycles. The molecule has 0 unspecified atom stereocenters. The normalized spacial score (nSPS) is 14.3. The Morgan fingerprint density at radius 1 is 1.06 bits per heavy atom. The van der Waals surface area contributed by atoms with Gasteiger partial charge in [-0.1, -0.05) is 12.1 Å². The van der Waals surface area contributed by atoms with Crippen LogP contribution in [0.1, 0.15) is 28.8 Å². The van der Waals surface area contributed by atoms with Gasteiger partial charge in [-0.25, -0.2) is 4.39 Å². The van der Waals surface area contributed by atoms with Crippen LogP contribution in [0.2, 0.25) is 0 Å². The first-order chi connectivity index (χ1) is 15.0. The predicted octanol–water partition coefficient (Wildman–Crippen LogP) is 3.06. The number of nitrogens with one attached hydrogen (secondary N) is 1. The van der Waals surface area contributed by atoms with Crippen LogP contribution in [0.5, 0.6) is 5.75 Å². The van der Waals surface area contributed by atoms with Crippen molar-refractivity contribution in [1.82, 2.24) is 10.2 Å². The number of hydrogen-bond acceptors (Lipinski definition) is 4. The van der Waals surface area contributed by atoms with E-state index in [1.165, 1.54) is 29.8 Å². The van der Waals surface area contributed by atoms with Gasteiger partial charge in [0.2, 0.25) is 0 Å². The maximum atomic E-state index is 12.9. The molecule has 3 rings (SSSR count). The monoisotopic (exact) mass is 428 g/mol. The third-order valence-corrected chi connectivity index (χ3v) is 5.48. The Bertz CT molecular complexity index is 847. The topological polar surface area (TPSA) is 67.9 Å². The van der Waals surface area contributed by atoms with Crippen LogP contribution in [-0.2, 0) is 16.0 Å². The Balaban J connectivity index is 1.39. The van der Waals surface area contributed by atoms with Gasteiger partial charge in [0.1, 0.15) is 11.6 Å². The fourth-order valence-electron chi connectivity index (χ4n) is 3.65. The summed E-state index contributed by atoms with van der Waals surface area (Å²) in [6.07, 6.45) is 2.79. The fraction of sp³-hybridized carbons (Fsp3) is 0.417. The zero-order valence-electron chi connectivity index (χ0n) is 17.8. The number of halogens is 1. The van der Waals surface area contributed by atoms with Gasteiger partial charge in [-0.3, -0.25) is 9.59 Å². The summed E-state index contributed by atoms with van der Waals surface area (Å²) in [6, 6.07) is 13.4. The van der Waals surface area contributed by atoms with Crippen molar-refractivity contribution in [3.05, 3.63) is 65.5 Å². The number of piperidine rings is 1. The molecule has 0 bridgehead atoms. The predicted molar refractivity (Wildman–Crippen MR) is 116 cm³/mol. The quantitative estimate of drug-likeness (QED) is 0.624. The number of hydrogen-bond donors (Lipinski definition) is 1. The van der Waals surface area contributed by atoms with Crippen molar-refractivity contribution in [3.8, 4) is 5.75 Å². The number of carbonyl (C=O) groups is 2. The summed E-state index contributed by atoms with van der Waals surface area (Å²) in [5.41, 5.74) is 1.83. The van der Waals surface area contributed by atoms with Gasteiger partial charge in [0.15, 0.2) is 6.61 Å². The first-order valence-corrected chi connectivity index (χ1v) is 10.6. The Morgan fingerprint density at radius 2 is 1.74 bits per heavy atom. The fourth-order valence-corrected chi connectivity index (χ4v) is 3.65. The minimum atomic E-state index is -0.333. The smallest absolute Gasteiger partial charge is 0.260 e. The number of likely N-dealkylation sites (tertiary alicyclic amines) is 1. The Morgan fingerprint density at radius 3 is 2.39 bits per heavy atom. The average Bonchev–Trinajstić information content (AvgIpc) is 2.79. The standard InChI is InChI=1S/C24H29FN2O4/c1-30-15-12-26-24(29)20-4-2-18(3-5-20)16-19-10-13-27(14-11-19)23(28)17-31-22-8-6-21(25)7-9-22/h2-9,19H,10-17H2,1H3,(H,26,29). The Hall–Kier alpha value is -2.93. The van der Waals surface area contributed by atoms with E-state index < -0.39 is 0 Å². The molecular weight excluding hydrogens is 399 g/mol. The molecule has 0 atom stereocenters. The number of benzene rings is 2. The second-order valence-corrected chi connectivity index (χ2v) is 7.72. The van der Waals surface area contributed by atoms with E-state index in [-0.39, 0.29) is 24.2 Å². The minimum absolute atomic E-state index is 0.0375. The molecule has 7 heteroatoms. The summed E-state index contributed by atoms with van der Waals surface area (Å²) in [4.78, 5) is 26.3. The van der Waals surface area contributed by atoms with Crippen molar-refractivity contribution in [3.63, 3.8) is 0 Å². The lowest BCUT2D eigenvalue weighted by Crippen LogP contribution is -2.41. The van der Waals surface area contributed by atoms with Gasteiger partial charge in [0.25, 0.3) is 11.8 Å². The maximum Gasteiger partial charge on any atom is 0.260 e. The van der Waals surface area contributed by atoms with Crippen LogP contribution >= 0.6 is 0 Å². The molecule has 1 N–H and O–H groups in total. The second kappa shape index (κ2) is 11.5. The lowest BCUT2D eigenvalue weighted by Gasteiger charge is -2.32.